The van der Waals surface area contributed by atoms with Crippen LogP contribution in [0.25, 0.3) is 0 Å². The van der Waals surface area contributed by atoms with Crippen molar-refractivity contribution in [3.05, 3.63) is 0 Å². The summed E-state index contributed by atoms with van der Waals surface area (Å²) < 4.78 is 8.51. The van der Waals surface area contributed by atoms with E-state index in [1.807, 2.05) is 0 Å². The van der Waals surface area contributed by atoms with E-state index in [4.69, 9.17) is 9.46 Å². The maximum absolute atomic E-state index is 8.51. The number of unbranched alkanes of at least 4 members (excludes halogenated alkanes) is 1. The van der Waals surface area contributed by atoms with Gasteiger partial charge >= 0.3 is 8.69 Å². The third-order valence-electron chi connectivity index (χ3n) is 2.69. The van der Waals surface area contributed by atoms with Gasteiger partial charge in [-0.25, -0.2) is 0 Å². The molecule has 1 N–H and O–H groups in total. The molecule has 0 aromatic heterocycles. The molecule has 1 atom stereocenters. The largest absolute Gasteiger partial charge is 0.491 e. The van der Waals surface area contributed by atoms with Gasteiger partial charge in [0.1, 0.15) is 17.4 Å². The van der Waals surface area contributed by atoms with Gasteiger partial charge in [0, 0.05) is 19.5 Å². The minimum atomic E-state index is -1.17. The van der Waals surface area contributed by atoms with Crippen molar-refractivity contribution < 1.29 is 28.9 Å². The fraction of sp³-hybridized carbons (Fsp3) is 1.00. The zero-order chi connectivity index (χ0) is 9.94. The van der Waals surface area contributed by atoms with Crippen LogP contribution in [0.2, 0.25) is 0 Å². The van der Waals surface area contributed by atoms with Crippen molar-refractivity contribution in [3.63, 3.8) is 0 Å². The van der Waals surface area contributed by atoms with Crippen LogP contribution in [0.1, 0.15) is 58.3 Å². The standard InChI is InChI=1S/C10H20.Al.HO2P.Zn.2H/c1-2-3-7-10-8-5-4-6-9-10;;1-3-2;;;/h10H,2-9H2,1H3;;3H;;;/p+1. The van der Waals surface area contributed by atoms with E-state index in [-0.39, 0.29) is 36.8 Å². The average Bonchev–Trinajstić information content (AvgIpc) is 2.18. The molecule has 5 heteroatoms. The van der Waals surface area contributed by atoms with Crippen LogP contribution in [0, 0.1) is 5.92 Å². The Hall–Kier alpha value is 1.22. The first kappa shape index (κ1) is 21.5. The minimum absolute atomic E-state index is 0. The molecular weight excluding hydrogens is 275 g/mol. The SMILES string of the molecule is CCCCC1CCCCC1.O=[PH+]O.[AlH2].[Zn]. The predicted molar refractivity (Wildman–Crippen MR) is 65.9 cm³/mol. The summed E-state index contributed by atoms with van der Waals surface area (Å²) in [7, 11) is -1.17. The van der Waals surface area contributed by atoms with Crippen molar-refractivity contribution in [2.45, 2.75) is 58.3 Å². The van der Waals surface area contributed by atoms with E-state index >= 15 is 0 Å². The van der Waals surface area contributed by atoms with Crippen LogP contribution in [0.4, 0.5) is 0 Å². The maximum atomic E-state index is 8.51. The van der Waals surface area contributed by atoms with Gasteiger partial charge in [0.15, 0.2) is 0 Å². The molecule has 1 rings (SSSR count). The first-order valence-electron chi connectivity index (χ1n) is 5.36. The molecule has 0 aliphatic heterocycles. The summed E-state index contributed by atoms with van der Waals surface area (Å²) in [5, 5.41) is 0. The van der Waals surface area contributed by atoms with Crippen LogP contribution in [0.5, 0.6) is 0 Å². The second kappa shape index (κ2) is 17.6. The van der Waals surface area contributed by atoms with E-state index in [0.29, 0.717) is 0 Å². The van der Waals surface area contributed by atoms with Gasteiger partial charge in [-0.1, -0.05) is 58.3 Å². The summed E-state index contributed by atoms with van der Waals surface area (Å²) in [5.74, 6) is 1.11. The molecule has 1 unspecified atom stereocenters. The first-order chi connectivity index (χ1) is 6.35. The molecule has 1 radical (unpaired) electrons. The number of hydrogen-bond donors (Lipinski definition) is 1. The Kier molecular flexibility index (Phi) is 25.2. The molecule has 1 aliphatic rings. The van der Waals surface area contributed by atoms with Gasteiger partial charge in [0.2, 0.25) is 0 Å². The fourth-order valence-corrected chi connectivity index (χ4v) is 1.97. The van der Waals surface area contributed by atoms with Crippen LogP contribution in [-0.4, -0.2) is 22.3 Å². The molecule has 0 bridgehead atoms. The summed E-state index contributed by atoms with van der Waals surface area (Å²) >= 11 is 0. The summed E-state index contributed by atoms with van der Waals surface area (Å²) in [5.41, 5.74) is 0. The summed E-state index contributed by atoms with van der Waals surface area (Å²) in [6.07, 6.45) is 11.9. The van der Waals surface area contributed by atoms with Gasteiger partial charge in [-0.3, -0.25) is 0 Å². The molecule has 1 fully saturated rings. The molecule has 1 aliphatic carbocycles. The number of hydrogen-bond acceptors (Lipinski definition) is 1. The zero-order valence-electron chi connectivity index (χ0n) is 10.3. The predicted octanol–water partition coefficient (Wildman–Crippen LogP) is 2.76. The minimum Gasteiger partial charge on any atom is -0.162 e. The van der Waals surface area contributed by atoms with Gasteiger partial charge in [-0.15, -0.1) is 0 Å². The molecule has 0 aromatic rings. The van der Waals surface area contributed by atoms with Crippen LogP contribution in [-0.2, 0) is 24.0 Å². The smallest absolute Gasteiger partial charge is 0.162 e. The van der Waals surface area contributed by atoms with Gasteiger partial charge in [0.25, 0.3) is 0 Å². The van der Waals surface area contributed by atoms with Crippen molar-refractivity contribution >= 4 is 26.0 Å². The van der Waals surface area contributed by atoms with Gasteiger partial charge in [-0.05, 0) is 10.5 Å². The second-order valence-corrected chi connectivity index (χ2v) is 3.92. The molecular formula is C10H24AlO2PZn+. The molecule has 1 saturated carbocycles. The Morgan fingerprint density at radius 1 is 1.27 bits per heavy atom. The fourth-order valence-electron chi connectivity index (χ4n) is 1.97. The molecule has 0 amide bonds. The Morgan fingerprint density at radius 2 is 1.73 bits per heavy atom. The summed E-state index contributed by atoms with van der Waals surface area (Å²) in [4.78, 5) is 7.04. The molecule has 0 aromatic carbocycles. The monoisotopic (exact) mass is 298 g/mol. The molecule has 15 heavy (non-hydrogen) atoms. The third kappa shape index (κ3) is 15.2. The van der Waals surface area contributed by atoms with Crippen molar-refractivity contribution in [1.82, 2.24) is 0 Å². The first-order valence-corrected chi connectivity index (χ1v) is 6.22. The Bertz CT molecular complexity index is 122. The molecule has 0 saturated heterocycles. The number of rotatable bonds is 3. The van der Waals surface area contributed by atoms with E-state index < -0.39 is 8.69 Å². The van der Waals surface area contributed by atoms with E-state index in [1.54, 1.807) is 0 Å². The third-order valence-corrected chi connectivity index (χ3v) is 2.69. The van der Waals surface area contributed by atoms with E-state index in [2.05, 4.69) is 6.92 Å². The van der Waals surface area contributed by atoms with Crippen molar-refractivity contribution in [3.8, 4) is 0 Å². The summed E-state index contributed by atoms with van der Waals surface area (Å²) in [6.45, 7) is 2.29. The van der Waals surface area contributed by atoms with Crippen molar-refractivity contribution in [2.75, 3.05) is 0 Å². The van der Waals surface area contributed by atoms with Crippen molar-refractivity contribution in [2.24, 2.45) is 5.92 Å². The Balaban J connectivity index is -0.000000260. The second-order valence-electron chi connectivity index (χ2n) is 3.74. The van der Waals surface area contributed by atoms with Crippen LogP contribution < -0.4 is 0 Å². The Morgan fingerprint density at radius 3 is 2.13 bits per heavy atom. The van der Waals surface area contributed by atoms with Gasteiger partial charge < -0.3 is 0 Å². The van der Waals surface area contributed by atoms with Crippen LogP contribution >= 0.6 is 8.69 Å². The van der Waals surface area contributed by atoms with E-state index in [9.17, 15) is 0 Å². The van der Waals surface area contributed by atoms with Crippen LogP contribution in [0.3, 0.4) is 0 Å². The van der Waals surface area contributed by atoms with Gasteiger partial charge in [0.05, 0.1) is 0 Å². The Labute approximate surface area is 119 Å². The van der Waals surface area contributed by atoms with Crippen molar-refractivity contribution in [1.29, 1.82) is 0 Å². The van der Waals surface area contributed by atoms with E-state index in [1.165, 1.54) is 51.4 Å². The van der Waals surface area contributed by atoms with E-state index in [0.717, 1.165) is 5.92 Å². The summed E-state index contributed by atoms with van der Waals surface area (Å²) in [6, 6.07) is 0. The van der Waals surface area contributed by atoms with Gasteiger partial charge in [-0.2, -0.15) is 4.89 Å². The molecule has 2 nitrogen and oxygen atoms in total. The zero-order valence-corrected chi connectivity index (χ0v) is 16.3. The van der Waals surface area contributed by atoms with Crippen LogP contribution in [0.15, 0.2) is 0 Å². The maximum Gasteiger partial charge on any atom is 0.491 e. The normalized spacial score (nSPS) is 15.6. The molecule has 0 spiro atoms. The topological polar surface area (TPSA) is 37.3 Å². The molecule has 85 valence electrons. The quantitative estimate of drug-likeness (QED) is 0.643. The molecule has 0 heterocycles. The average molecular weight is 300 g/mol.